The Labute approximate surface area is 91.6 Å². The van der Waals surface area contributed by atoms with E-state index < -0.39 is 6.10 Å². The molecule has 2 N–H and O–H groups in total. The lowest BCUT2D eigenvalue weighted by molar-refractivity contribution is 0.00421. The van der Waals surface area contributed by atoms with Crippen LogP contribution in [0.4, 0.5) is 0 Å². The third-order valence-corrected chi connectivity index (χ3v) is 2.83. The number of hydrogen-bond acceptors (Lipinski definition) is 2. The van der Waals surface area contributed by atoms with E-state index >= 15 is 0 Å². The Morgan fingerprint density at radius 1 is 1.13 bits per heavy atom. The van der Waals surface area contributed by atoms with Crippen molar-refractivity contribution < 1.29 is 10.2 Å². The average Bonchev–Trinajstić information content (AvgIpc) is 2.18. The van der Waals surface area contributed by atoms with Gasteiger partial charge in [0.15, 0.2) is 0 Å². The lowest BCUT2D eigenvalue weighted by atomic mass is 9.76. The molecule has 0 radical (unpaired) electrons. The summed E-state index contributed by atoms with van der Waals surface area (Å²) in [6, 6.07) is 9.49. The highest BCUT2D eigenvalue weighted by Crippen LogP contribution is 2.35. The molecule has 0 saturated carbocycles. The topological polar surface area (TPSA) is 40.5 Å². The molecule has 2 heteroatoms. The van der Waals surface area contributed by atoms with E-state index in [-0.39, 0.29) is 17.9 Å². The summed E-state index contributed by atoms with van der Waals surface area (Å²) in [7, 11) is 0. The predicted octanol–water partition coefficient (Wildman–Crippen LogP) is 2.37. The highest BCUT2D eigenvalue weighted by atomic mass is 16.3. The van der Waals surface area contributed by atoms with E-state index in [9.17, 15) is 10.2 Å². The first-order valence-electron chi connectivity index (χ1n) is 5.30. The van der Waals surface area contributed by atoms with Crippen LogP contribution in [0.2, 0.25) is 0 Å². The van der Waals surface area contributed by atoms with Crippen LogP contribution >= 0.6 is 0 Å². The molecule has 84 valence electrons. The van der Waals surface area contributed by atoms with E-state index in [0.29, 0.717) is 0 Å². The van der Waals surface area contributed by atoms with Crippen LogP contribution in [-0.4, -0.2) is 16.8 Å². The van der Waals surface area contributed by atoms with Gasteiger partial charge in [0.25, 0.3) is 0 Å². The van der Waals surface area contributed by atoms with Gasteiger partial charge >= 0.3 is 0 Å². The Balaban J connectivity index is 2.88. The Morgan fingerprint density at radius 3 is 2.07 bits per heavy atom. The molecule has 0 fully saturated rings. The first-order valence-corrected chi connectivity index (χ1v) is 5.30. The van der Waals surface area contributed by atoms with Gasteiger partial charge in [-0.1, -0.05) is 51.1 Å². The van der Waals surface area contributed by atoms with E-state index in [1.165, 1.54) is 0 Å². The Hall–Kier alpha value is -0.860. The molecule has 0 bridgehead atoms. The number of benzene rings is 1. The third kappa shape index (κ3) is 3.05. The number of aliphatic hydroxyl groups excluding tert-OH is 2. The molecule has 15 heavy (non-hydrogen) atoms. The van der Waals surface area contributed by atoms with Crippen molar-refractivity contribution in [3.8, 4) is 0 Å². The molecule has 0 aliphatic carbocycles. The van der Waals surface area contributed by atoms with E-state index in [1.807, 2.05) is 51.1 Å². The Morgan fingerprint density at radius 2 is 1.67 bits per heavy atom. The summed E-state index contributed by atoms with van der Waals surface area (Å²) < 4.78 is 0. The van der Waals surface area contributed by atoms with Crippen molar-refractivity contribution in [1.82, 2.24) is 0 Å². The van der Waals surface area contributed by atoms with Gasteiger partial charge in [-0.2, -0.15) is 0 Å². The van der Waals surface area contributed by atoms with Crippen LogP contribution < -0.4 is 0 Å². The molecule has 2 atom stereocenters. The molecule has 0 aliphatic heterocycles. The van der Waals surface area contributed by atoms with E-state index in [2.05, 4.69) is 0 Å². The van der Waals surface area contributed by atoms with Gasteiger partial charge in [0.05, 0.1) is 6.10 Å². The minimum absolute atomic E-state index is 0.000436. The monoisotopic (exact) mass is 208 g/mol. The van der Waals surface area contributed by atoms with Crippen molar-refractivity contribution >= 4 is 0 Å². The third-order valence-electron chi connectivity index (χ3n) is 2.83. The largest absolute Gasteiger partial charge is 0.396 e. The van der Waals surface area contributed by atoms with Gasteiger partial charge in [-0.3, -0.25) is 0 Å². The molecular formula is C13H20O2. The first kappa shape index (κ1) is 12.2. The summed E-state index contributed by atoms with van der Waals surface area (Å²) in [4.78, 5) is 0. The fourth-order valence-corrected chi connectivity index (χ4v) is 1.73. The van der Waals surface area contributed by atoms with Gasteiger partial charge in [-0.05, 0) is 11.0 Å². The van der Waals surface area contributed by atoms with Crippen LogP contribution in [-0.2, 0) is 0 Å². The summed E-state index contributed by atoms with van der Waals surface area (Å²) >= 11 is 0. The molecule has 1 rings (SSSR count). The molecule has 0 spiro atoms. The summed E-state index contributed by atoms with van der Waals surface area (Å²) in [5.74, 6) is -0.139. The smallest absolute Gasteiger partial charge is 0.0845 e. The maximum absolute atomic E-state index is 10.2. The molecule has 0 saturated heterocycles. The van der Waals surface area contributed by atoms with Crippen LogP contribution in [0.1, 0.15) is 32.4 Å². The molecule has 0 amide bonds. The first-order chi connectivity index (χ1) is 6.96. The van der Waals surface area contributed by atoms with Gasteiger partial charge in [0, 0.05) is 12.5 Å². The molecule has 0 heterocycles. The lowest BCUT2D eigenvalue weighted by Gasteiger charge is -2.33. The maximum atomic E-state index is 10.2. The van der Waals surface area contributed by atoms with Crippen LogP contribution in [0.5, 0.6) is 0 Å². The minimum Gasteiger partial charge on any atom is -0.396 e. The predicted molar refractivity (Wildman–Crippen MR) is 61.4 cm³/mol. The normalized spacial score (nSPS) is 16.1. The van der Waals surface area contributed by atoms with Gasteiger partial charge in [-0.15, -0.1) is 0 Å². The van der Waals surface area contributed by atoms with Crippen LogP contribution in [0.3, 0.4) is 0 Å². The molecule has 0 unspecified atom stereocenters. The van der Waals surface area contributed by atoms with Gasteiger partial charge in [0.1, 0.15) is 0 Å². The lowest BCUT2D eigenvalue weighted by Crippen LogP contribution is -2.30. The standard InChI is InChI=1S/C13H20O2/c1-13(2,3)11(9-14)12(15)10-7-5-4-6-8-10/h4-8,11-12,14-15H,9H2,1-3H3/t11-,12-/m0/s1. The minimum atomic E-state index is -0.601. The molecule has 1 aromatic rings. The summed E-state index contributed by atoms with van der Waals surface area (Å²) in [5.41, 5.74) is 0.760. The second-order valence-corrected chi connectivity index (χ2v) is 5.01. The zero-order chi connectivity index (χ0) is 11.5. The van der Waals surface area contributed by atoms with Crippen LogP contribution in [0.15, 0.2) is 30.3 Å². The van der Waals surface area contributed by atoms with Crippen molar-refractivity contribution in [3.63, 3.8) is 0 Å². The van der Waals surface area contributed by atoms with Crippen LogP contribution in [0.25, 0.3) is 0 Å². The van der Waals surface area contributed by atoms with Gasteiger partial charge in [-0.25, -0.2) is 0 Å². The zero-order valence-corrected chi connectivity index (χ0v) is 9.64. The average molecular weight is 208 g/mol. The number of aliphatic hydroxyl groups is 2. The Bertz CT molecular complexity index is 287. The fraction of sp³-hybridized carbons (Fsp3) is 0.538. The maximum Gasteiger partial charge on any atom is 0.0845 e. The SMILES string of the molecule is CC(C)(C)[C@@H](CO)[C@@H](O)c1ccccc1. The van der Waals surface area contributed by atoms with E-state index in [1.54, 1.807) is 0 Å². The fourth-order valence-electron chi connectivity index (χ4n) is 1.73. The van der Waals surface area contributed by atoms with Gasteiger partial charge < -0.3 is 10.2 Å². The van der Waals surface area contributed by atoms with E-state index in [0.717, 1.165) is 5.56 Å². The Kier molecular flexibility index (Phi) is 3.89. The summed E-state index contributed by atoms with van der Waals surface area (Å²) in [6.07, 6.45) is -0.601. The van der Waals surface area contributed by atoms with E-state index in [4.69, 9.17) is 0 Å². The van der Waals surface area contributed by atoms with Crippen molar-refractivity contribution in [3.05, 3.63) is 35.9 Å². The quantitative estimate of drug-likeness (QED) is 0.800. The summed E-state index contributed by atoms with van der Waals surface area (Å²) in [5, 5.41) is 19.5. The van der Waals surface area contributed by atoms with Crippen LogP contribution in [0, 0.1) is 11.3 Å². The second kappa shape index (κ2) is 4.77. The van der Waals surface area contributed by atoms with Crippen molar-refractivity contribution in [2.75, 3.05) is 6.61 Å². The molecule has 1 aromatic carbocycles. The number of hydrogen-bond donors (Lipinski definition) is 2. The molecular weight excluding hydrogens is 188 g/mol. The highest BCUT2D eigenvalue weighted by molar-refractivity contribution is 5.18. The second-order valence-electron chi connectivity index (χ2n) is 5.01. The molecule has 2 nitrogen and oxygen atoms in total. The van der Waals surface area contributed by atoms with Crippen molar-refractivity contribution in [2.24, 2.45) is 11.3 Å². The molecule has 0 aromatic heterocycles. The highest BCUT2D eigenvalue weighted by Gasteiger charge is 2.31. The summed E-state index contributed by atoms with van der Waals surface area (Å²) in [6.45, 7) is 6.08. The van der Waals surface area contributed by atoms with Gasteiger partial charge in [0.2, 0.25) is 0 Å². The number of rotatable bonds is 3. The van der Waals surface area contributed by atoms with Crippen molar-refractivity contribution in [1.29, 1.82) is 0 Å². The van der Waals surface area contributed by atoms with Crippen molar-refractivity contribution in [2.45, 2.75) is 26.9 Å². The zero-order valence-electron chi connectivity index (χ0n) is 9.64. The molecule has 0 aliphatic rings.